The molecule has 0 fully saturated rings. The molecule has 20 heavy (non-hydrogen) atoms. The summed E-state index contributed by atoms with van der Waals surface area (Å²) in [7, 11) is 1.97. The lowest BCUT2D eigenvalue weighted by molar-refractivity contribution is 0.692. The van der Waals surface area contributed by atoms with Crippen molar-refractivity contribution in [2.24, 2.45) is 0 Å². The minimum atomic E-state index is 0.245. The highest BCUT2D eigenvalue weighted by Gasteiger charge is 2.15. The number of H-pyrrole nitrogens is 1. The van der Waals surface area contributed by atoms with Gasteiger partial charge in [0.2, 0.25) is 0 Å². The van der Waals surface area contributed by atoms with Gasteiger partial charge in [0.15, 0.2) is 0 Å². The van der Waals surface area contributed by atoms with E-state index in [0.717, 1.165) is 29.1 Å². The van der Waals surface area contributed by atoms with Crippen LogP contribution >= 0.6 is 0 Å². The average Bonchev–Trinajstić information content (AvgIpc) is 2.84. The van der Waals surface area contributed by atoms with E-state index < -0.39 is 0 Å². The summed E-state index contributed by atoms with van der Waals surface area (Å²) in [6.45, 7) is 2.83. The van der Waals surface area contributed by atoms with E-state index in [1.165, 1.54) is 5.56 Å². The summed E-state index contributed by atoms with van der Waals surface area (Å²) in [4.78, 5) is 12.2. The van der Waals surface area contributed by atoms with Gasteiger partial charge in [0, 0.05) is 24.4 Å². The first-order chi connectivity index (χ1) is 9.78. The fraction of sp³-hybridized carbons (Fsp3) is 0.250. The van der Waals surface area contributed by atoms with Crippen molar-refractivity contribution in [3.8, 4) is 0 Å². The van der Waals surface area contributed by atoms with Crippen LogP contribution in [0.5, 0.6) is 0 Å². The number of likely N-dealkylation sites (N-methyl/N-ethyl adjacent to an activating group) is 1. The van der Waals surface area contributed by atoms with E-state index in [0.29, 0.717) is 0 Å². The molecule has 1 aromatic carbocycles. The monoisotopic (exact) mass is 266 g/mol. The molecular weight excluding hydrogens is 248 g/mol. The summed E-state index contributed by atoms with van der Waals surface area (Å²) >= 11 is 0. The number of fused-ring (bicyclic) bond motifs is 1. The lowest BCUT2D eigenvalue weighted by Gasteiger charge is -2.16. The number of hydrogen-bond donors (Lipinski definition) is 2. The second kappa shape index (κ2) is 5.43. The molecule has 0 spiro atoms. The number of rotatable bonds is 4. The molecule has 4 heteroatoms. The molecule has 3 rings (SSSR count). The first-order valence-corrected chi connectivity index (χ1v) is 6.79. The first-order valence-electron chi connectivity index (χ1n) is 6.79. The highest BCUT2D eigenvalue weighted by molar-refractivity contribution is 5.76. The smallest absolute Gasteiger partial charge is 0.104 e. The molecule has 2 N–H and O–H groups in total. The number of imidazole rings is 1. The molecule has 4 nitrogen and oxygen atoms in total. The van der Waals surface area contributed by atoms with Crippen molar-refractivity contribution in [2.45, 2.75) is 12.8 Å². The topological polar surface area (TPSA) is 53.6 Å². The predicted octanol–water partition coefficient (Wildman–Crippen LogP) is 2.62. The van der Waals surface area contributed by atoms with E-state index in [1.54, 1.807) is 0 Å². The number of benzene rings is 1. The molecule has 0 aliphatic carbocycles. The van der Waals surface area contributed by atoms with E-state index in [9.17, 15) is 0 Å². The van der Waals surface area contributed by atoms with Gasteiger partial charge < -0.3 is 10.3 Å². The van der Waals surface area contributed by atoms with E-state index in [2.05, 4.69) is 44.5 Å². The quantitative estimate of drug-likeness (QED) is 0.763. The summed E-state index contributed by atoms with van der Waals surface area (Å²) in [5.41, 5.74) is 4.42. The Bertz CT molecular complexity index is 703. The number of nitrogens with zero attached hydrogens (tertiary/aromatic N) is 2. The van der Waals surface area contributed by atoms with E-state index in [-0.39, 0.29) is 5.92 Å². The summed E-state index contributed by atoms with van der Waals surface area (Å²) < 4.78 is 0. The number of pyridine rings is 1. The lowest BCUT2D eigenvalue weighted by atomic mass is 9.94. The minimum absolute atomic E-state index is 0.245. The molecule has 0 saturated carbocycles. The third-order valence-corrected chi connectivity index (χ3v) is 3.48. The molecule has 0 bridgehead atoms. The second-order valence-electron chi connectivity index (χ2n) is 4.96. The van der Waals surface area contributed by atoms with Gasteiger partial charge in [-0.05, 0) is 43.8 Å². The molecule has 1 unspecified atom stereocenters. The van der Waals surface area contributed by atoms with Crippen molar-refractivity contribution in [3.05, 3.63) is 59.7 Å². The number of hydrogen-bond acceptors (Lipinski definition) is 3. The van der Waals surface area contributed by atoms with Crippen LogP contribution in [0.15, 0.2) is 42.6 Å². The minimum Gasteiger partial charge on any atom is -0.342 e. The molecule has 2 heterocycles. The van der Waals surface area contributed by atoms with Crippen LogP contribution in [0.4, 0.5) is 0 Å². The van der Waals surface area contributed by atoms with Gasteiger partial charge in [-0.3, -0.25) is 4.98 Å². The molecule has 0 aliphatic rings. The van der Waals surface area contributed by atoms with Crippen LogP contribution in [-0.2, 0) is 0 Å². The zero-order valence-electron chi connectivity index (χ0n) is 11.7. The predicted molar refractivity (Wildman–Crippen MR) is 80.8 cm³/mol. The molecule has 0 amide bonds. The largest absolute Gasteiger partial charge is 0.342 e. The van der Waals surface area contributed by atoms with E-state index in [1.807, 2.05) is 32.3 Å². The fourth-order valence-electron chi connectivity index (χ4n) is 2.55. The molecule has 0 radical (unpaired) electrons. The van der Waals surface area contributed by atoms with Crippen LogP contribution in [0.25, 0.3) is 11.0 Å². The van der Waals surface area contributed by atoms with Crippen LogP contribution in [0.1, 0.15) is 23.0 Å². The lowest BCUT2D eigenvalue weighted by Crippen LogP contribution is -2.19. The summed E-state index contributed by atoms with van der Waals surface area (Å²) in [6, 6.07) is 12.4. The molecule has 2 aromatic heterocycles. The number of nitrogens with one attached hydrogen (secondary N) is 2. The highest BCUT2D eigenvalue weighted by atomic mass is 14.9. The van der Waals surface area contributed by atoms with Gasteiger partial charge in [0.1, 0.15) is 5.82 Å². The third-order valence-electron chi connectivity index (χ3n) is 3.48. The Labute approximate surface area is 118 Å². The first kappa shape index (κ1) is 12.8. The van der Waals surface area contributed by atoms with Crippen LogP contribution in [-0.4, -0.2) is 28.5 Å². The van der Waals surface area contributed by atoms with Crippen molar-refractivity contribution in [3.63, 3.8) is 0 Å². The van der Waals surface area contributed by atoms with Crippen molar-refractivity contribution in [2.75, 3.05) is 13.6 Å². The second-order valence-corrected chi connectivity index (χ2v) is 4.96. The zero-order valence-corrected chi connectivity index (χ0v) is 11.7. The van der Waals surface area contributed by atoms with E-state index >= 15 is 0 Å². The standard InChI is InChI=1S/C16H18N4/c1-11-19-15-7-6-12(9-16(15)20-11)13(10-17-2)14-5-3-4-8-18-14/h3-9,13,17H,10H2,1-2H3,(H,19,20). The fourth-order valence-corrected chi connectivity index (χ4v) is 2.55. The maximum Gasteiger partial charge on any atom is 0.104 e. The average molecular weight is 266 g/mol. The van der Waals surface area contributed by atoms with Gasteiger partial charge in [0.05, 0.1) is 11.0 Å². The van der Waals surface area contributed by atoms with Crippen molar-refractivity contribution >= 4 is 11.0 Å². The Balaban J connectivity index is 2.04. The Morgan fingerprint density at radius 3 is 2.90 bits per heavy atom. The van der Waals surface area contributed by atoms with Crippen LogP contribution in [0.3, 0.4) is 0 Å². The van der Waals surface area contributed by atoms with Gasteiger partial charge in [-0.1, -0.05) is 12.1 Å². The number of aryl methyl sites for hydroxylation is 1. The Morgan fingerprint density at radius 1 is 1.25 bits per heavy atom. The SMILES string of the molecule is CNCC(c1ccc2nc(C)[nH]c2c1)c1ccccn1. The zero-order chi connectivity index (χ0) is 13.9. The highest BCUT2D eigenvalue weighted by Crippen LogP contribution is 2.25. The van der Waals surface area contributed by atoms with Crippen molar-refractivity contribution < 1.29 is 0 Å². The van der Waals surface area contributed by atoms with Crippen LogP contribution in [0, 0.1) is 6.92 Å². The maximum absolute atomic E-state index is 4.49. The van der Waals surface area contributed by atoms with Gasteiger partial charge in [-0.2, -0.15) is 0 Å². The summed E-state index contributed by atoms with van der Waals surface area (Å²) in [5.74, 6) is 1.19. The summed E-state index contributed by atoms with van der Waals surface area (Å²) in [6.07, 6.45) is 1.84. The Kier molecular flexibility index (Phi) is 3.48. The van der Waals surface area contributed by atoms with Crippen LogP contribution in [0.2, 0.25) is 0 Å². The van der Waals surface area contributed by atoms with Crippen molar-refractivity contribution in [1.29, 1.82) is 0 Å². The van der Waals surface area contributed by atoms with Crippen LogP contribution < -0.4 is 5.32 Å². The number of aromatic amines is 1. The Hall–Kier alpha value is -2.20. The van der Waals surface area contributed by atoms with Crippen molar-refractivity contribution in [1.82, 2.24) is 20.3 Å². The van der Waals surface area contributed by atoms with Gasteiger partial charge >= 0.3 is 0 Å². The van der Waals surface area contributed by atoms with Gasteiger partial charge in [0.25, 0.3) is 0 Å². The molecule has 1 atom stereocenters. The molecule has 3 aromatic rings. The maximum atomic E-state index is 4.49. The third kappa shape index (κ3) is 2.42. The van der Waals surface area contributed by atoms with Gasteiger partial charge in [-0.25, -0.2) is 4.98 Å². The summed E-state index contributed by atoms with van der Waals surface area (Å²) in [5, 5.41) is 3.25. The van der Waals surface area contributed by atoms with E-state index in [4.69, 9.17) is 0 Å². The molecule has 102 valence electrons. The Morgan fingerprint density at radius 2 is 2.15 bits per heavy atom. The normalized spacial score (nSPS) is 12.7. The molecule has 0 aliphatic heterocycles. The number of aromatic nitrogens is 3. The molecule has 0 saturated heterocycles. The van der Waals surface area contributed by atoms with Gasteiger partial charge in [-0.15, -0.1) is 0 Å². The molecular formula is C16H18N4.